The average Bonchev–Trinajstić information content (AvgIpc) is 2.33. The Labute approximate surface area is 116 Å². The highest BCUT2D eigenvalue weighted by molar-refractivity contribution is 6.42. The van der Waals surface area contributed by atoms with Crippen LogP contribution in [0.3, 0.4) is 0 Å². The molecule has 3 nitrogen and oxygen atoms in total. The monoisotopic (exact) mass is 285 g/mol. The van der Waals surface area contributed by atoms with Gasteiger partial charge >= 0.3 is 5.97 Å². The maximum atomic E-state index is 12.0. The van der Waals surface area contributed by atoms with Gasteiger partial charge in [0, 0.05) is 0 Å². The number of benzene rings is 1. The molecule has 5 heteroatoms. The van der Waals surface area contributed by atoms with E-state index in [2.05, 4.69) is 0 Å². The highest BCUT2D eigenvalue weighted by Crippen LogP contribution is 2.33. The van der Waals surface area contributed by atoms with Crippen LogP contribution < -0.4 is 0 Å². The van der Waals surface area contributed by atoms with Crippen LogP contribution >= 0.6 is 23.2 Å². The molecule has 18 heavy (non-hydrogen) atoms. The van der Waals surface area contributed by atoms with E-state index in [1.165, 1.54) is 0 Å². The molecule has 0 heterocycles. The molecule has 96 valence electrons. The van der Waals surface area contributed by atoms with E-state index in [1.807, 2.05) is 6.07 Å². The van der Waals surface area contributed by atoms with Crippen molar-refractivity contribution in [3.63, 3.8) is 0 Å². The predicted molar refractivity (Wildman–Crippen MR) is 70.7 cm³/mol. The Morgan fingerprint density at radius 1 is 1.44 bits per heavy atom. The molecule has 1 rings (SSSR count). The zero-order valence-electron chi connectivity index (χ0n) is 10.2. The van der Waals surface area contributed by atoms with Gasteiger partial charge in [0.2, 0.25) is 0 Å². The Hall–Kier alpha value is -1.24. The Kier molecular flexibility index (Phi) is 5.01. The lowest BCUT2D eigenvalue weighted by Crippen LogP contribution is -2.34. The second kappa shape index (κ2) is 6.08. The maximum Gasteiger partial charge on any atom is 0.317 e. The molecule has 0 N–H and O–H groups in total. The molecule has 0 saturated heterocycles. The van der Waals surface area contributed by atoms with Gasteiger partial charge in [-0.1, -0.05) is 29.3 Å². The minimum Gasteiger partial charge on any atom is -0.465 e. The van der Waals surface area contributed by atoms with E-state index >= 15 is 0 Å². The van der Waals surface area contributed by atoms with Crippen molar-refractivity contribution in [3.8, 4) is 6.07 Å². The van der Waals surface area contributed by atoms with Crippen molar-refractivity contribution in [1.29, 1.82) is 5.26 Å². The van der Waals surface area contributed by atoms with E-state index in [4.69, 9.17) is 33.2 Å². The lowest BCUT2D eigenvalue weighted by molar-refractivity contribution is -0.149. The fraction of sp³-hybridized carbons (Fsp3) is 0.385. The molecule has 0 saturated carbocycles. The molecule has 1 unspecified atom stereocenters. The molecular weight excluding hydrogens is 273 g/mol. The van der Waals surface area contributed by atoms with Crippen molar-refractivity contribution in [1.82, 2.24) is 0 Å². The lowest BCUT2D eigenvalue weighted by Gasteiger charge is -2.25. The number of esters is 1. The smallest absolute Gasteiger partial charge is 0.317 e. The Morgan fingerprint density at radius 3 is 2.61 bits per heavy atom. The van der Waals surface area contributed by atoms with Gasteiger partial charge < -0.3 is 4.74 Å². The number of rotatable bonds is 4. The maximum absolute atomic E-state index is 12.0. The van der Waals surface area contributed by atoms with Gasteiger partial charge in [0.15, 0.2) is 0 Å². The van der Waals surface area contributed by atoms with Crippen molar-refractivity contribution in [2.75, 3.05) is 6.61 Å². The molecule has 0 fully saturated rings. The SMILES string of the molecule is CCOC(=O)C(C)(CC#N)c1ccc(Cl)c(Cl)c1. The van der Waals surface area contributed by atoms with Crippen molar-refractivity contribution >= 4 is 29.2 Å². The molecule has 0 aliphatic carbocycles. The molecule has 1 atom stereocenters. The number of carbonyl (C=O) groups is 1. The van der Waals surface area contributed by atoms with Crippen LogP contribution in [0.15, 0.2) is 18.2 Å². The van der Waals surface area contributed by atoms with Crippen molar-refractivity contribution in [2.45, 2.75) is 25.7 Å². The zero-order valence-corrected chi connectivity index (χ0v) is 11.7. The van der Waals surface area contributed by atoms with E-state index < -0.39 is 11.4 Å². The summed E-state index contributed by atoms with van der Waals surface area (Å²) in [5, 5.41) is 9.64. The van der Waals surface area contributed by atoms with Crippen molar-refractivity contribution in [2.24, 2.45) is 0 Å². The summed E-state index contributed by atoms with van der Waals surface area (Å²) in [6, 6.07) is 6.89. The highest BCUT2D eigenvalue weighted by Gasteiger charge is 2.37. The summed E-state index contributed by atoms with van der Waals surface area (Å²) in [4.78, 5) is 12.0. The quantitative estimate of drug-likeness (QED) is 0.792. The summed E-state index contributed by atoms with van der Waals surface area (Å²) in [6.45, 7) is 3.65. The topological polar surface area (TPSA) is 50.1 Å². The Bertz CT molecular complexity index is 496. The molecular formula is C13H13Cl2NO2. The Balaban J connectivity index is 3.22. The first-order valence-corrected chi connectivity index (χ1v) is 6.21. The lowest BCUT2D eigenvalue weighted by atomic mass is 9.80. The summed E-state index contributed by atoms with van der Waals surface area (Å²) in [5.74, 6) is -0.440. The second-order valence-corrected chi connectivity index (χ2v) is 4.83. The number of nitriles is 1. The summed E-state index contributed by atoms with van der Waals surface area (Å²) >= 11 is 11.8. The number of hydrogen-bond acceptors (Lipinski definition) is 3. The molecule has 0 amide bonds. The average molecular weight is 286 g/mol. The van der Waals surface area contributed by atoms with Gasteiger partial charge in [-0.15, -0.1) is 0 Å². The van der Waals surface area contributed by atoms with E-state index in [0.717, 1.165) is 0 Å². The number of halogens is 2. The van der Waals surface area contributed by atoms with Gasteiger partial charge in [-0.05, 0) is 31.5 Å². The largest absolute Gasteiger partial charge is 0.465 e. The third-order valence-corrected chi connectivity index (χ3v) is 3.45. The summed E-state index contributed by atoms with van der Waals surface area (Å²) in [7, 11) is 0. The molecule has 0 aliphatic rings. The first-order valence-electron chi connectivity index (χ1n) is 5.45. The zero-order chi connectivity index (χ0) is 13.8. The van der Waals surface area contributed by atoms with Gasteiger partial charge in [0.25, 0.3) is 0 Å². The van der Waals surface area contributed by atoms with Gasteiger partial charge in [-0.25, -0.2) is 0 Å². The number of carbonyl (C=O) groups excluding carboxylic acids is 1. The van der Waals surface area contributed by atoms with E-state index in [-0.39, 0.29) is 13.0 Å². The molecule has 1 aromatic rings. The minimum atomic E-state index is -1.03. The van der Waals surface area contributed by atoms with Crippen LogP contribution in [0, 0.1) is 11.3 Å². The van der Waals surface area contributed by atoms with Crippen LogP contribution in [0.4, 0.5) is 0 Å². The van der Waals surface area contributed by atoms with E-state index in [0.29, 0.717) is 15.6 Å². The first kappa shape index (κ1) is 14.8. The van der Waals surface area contributed by atoms with Crippen LogP contribution in [0.25, 0.3) is 0 Å². The molecule has 0 aliphatic heterocycles. The highest BCUT2D eigenvalue weighted by atomic mass is 35.5. The van der Waals surface area contributed by atoms with Gasteiger partial charge in [0.05, 0.1) is 29.1 Å². The first-order chi connectivity index (χ1) is 8.45. The van der Waals surface area contributed by atoms with E-state index in [1.54, 1.807) is 32.0 Å². The van der Waals surface area contributed by atoms with Crippen LogP contribution in [0.2, 0.25) is 10.0 Å². The molecule has 0 radical (unpaired) electrons. The normalized spacial score (nSPS) is 13.5. The third-order valence-electron chi connectivity index (χ3n) is 2.72. The molecule has 0 bridgehead atoms. The predicted octanol–water partition coefficient (Wildman–Crippen LogP) is 3.73. The van der Waals surface area contributed by atoms with Gasteiger partial charge in [-0.2, -0.15) is 5.26 Å². The summed E-state index contributed by atoms with van der Waals surface area (Å²) < 4.78 is 5.02. The van der Waals surface area contributed by atoms with Crippen LogP contribution in [-0.2, 0) is 14.9 Å². The van der Waals surface area contributed by atoms with E-state index in [9.17, 15) is 4.79 Å². The van der Waals surface area contributed by atoms with Crippen LogP contribution in [0.5, 0.6) is 0 Å². The van der Waals surface area contributed by atoms with Crippen LogP contribution in [0.1, 0.15) is 25.8 Å². The molecule has 0 aromatic heterocycles. The second-order valence-electron chi connectivity index (χ2n) is 4.02. The van der Waals surface area contributed by atoms with Crippen LogP contribution in [-0.4, -0.2) is 12.6 Å². The Morgan fingerprint density at radius 2 is 2.11 bits per heavy atom. The summed E-state index contributed by atoms with van der Waals surface area (Å²) in [6.07, 6.45) is 0.0177. The third kappa shape index (κ3) is 2.95. The molecule has 1 aromatic carbocycles. The van der Waals surface area contributed by atoms with Gasteiger partial charge in [0.1, 0.15) is 5.41 Å². The van der Waals surface area contributed by atoms with Gasteiger partial charge in [-0.3, -0.25) is 4.79 Å². The van der Waals surface area contributed by atoms with Crippen molar-refractivity contribution in [3.05, 3.63) is 33.8 Å². The molecule has 0 spiro atoms. The summed E-state index contributed by atoms with van der Waals surface area (Å²) in [5.41, 5.74) is -0.407. The standard InChI is InChI=1S/C13H13Cl2NO2/c1-3-18-12(17)13(2,6-7-16)9-4-5-10(14)11(15)8-9/h4-5,8H,3,6H2,1-2H3. The number of ether oxygens (including phenoxy) is 1. The number of hydrogen-bond donors (Lipinski definition) is 0. The van der Waals surface area contributed by atoms with Crippen molar-refractivity contribution < 1.29 is 9.53 Å². The fourth-order valence-electron chi connectivity index (χ4n) is 1.58. The fourth-order valence-corrected chi connectivity index (χ4v) is 1.88. The number of nitrogens with zero attached hydrogens (tertiary/aromatic N) is 1. The minimum absolute atomic E-state index is 0.0177.